The number of hydrogen-bond donors (Lipinski definition) is 1. The van der Waals surface area contributed by atoms with Crippen LogP contribution < -0.4 is 5.73 Å². The summed E-state index contributed by atoms with van der Waals surface area (Å²) in [6, 6.07) is 16.0. The number of amides is 1. The van der Waals surface area contributed by atoms with Gasteiger partial charge < -0.3 is 10.1 Å². The third-order valence-corrected chi connectivity index (χ3v) is 3.23. The van der Waals surface area contributed by atoms with E-state index in [1.807, 2.05) is 65.3 Å². The summed E-state index contributed by atoms with van der Waals surface area (Å²) in [5.74, 6) is -0.311. The molecule has 0 spiro atoms. The first kappa shape index (κ1) is 11.5. The first-order chi connectivity index (χ1) is 9.25. The predicted octanol–water partition coefficient (Wildman–Crippen LogP) is 2.63. The van der Waals surface area contributed by atoms with Crippen molar-refractivity contribution in [2.75, 3.05) is 0 Å². The molecular weight excluding hydrogens is 236 g/mol. The lowest BCUT2D eigenvalue weighted by Crippen LogP contribution is -2.13. The molecule has 2 N–H and O–H groups in total. The minimum absolute atomic E-state index is 0.255. The van der Waals surface area contributed by atoms with Gasteiger partial charge in [0.05, 0.1) is 6.42 Å². The van der Waals surface area contributed by atoms with Crippen molar-refractivity contribution in [2.45, 2.75) is 6.42 Å². The van der Waals surface area contributed by atoms with Gasteiger partial charge in [-0.2, -0.15) is 0 Å². The molecule has 0 aliphatic rings. The quantitative estimate of drug-likeness (QED) is 0.763. The molecule has 1 amide bonds. The summed E-state index contributed by atoms with van der Waals surface area (Å²) >= 11 is 0. The third kappa shape index (κ3) is 2.10. The van der Waals surface area contributed by atoms with Gasteiger partial charge in [-0.05, 0) is 23.3 Å². The highest BCUT2D eigenvalue weighted by Gasteiger charge is 2.13. The van der Waals surface area contributed by atoms with E-state index >= 15 is 0 Å². The highest BCUT2D eigenvalue weighted by atomic mass is 16.1. The van der Waals surface area contributed by atoms with Gasteiger partial charge in [0.25, 0.3) is 0 Å². The van der Waals surface area contributed by atoms with Gasteiger partial charge in [-0.1, -0.05) is 36.4 Å². The van der Waals surface area contributed by atoms with E-state index in [-0.39, 0.29) is 12.3 Å². The number of carbonyl (C=O) groups excluding carboxylic acids is 1. The van der Waals surface area contributed by atoms with Crippen LogP contribution in [0.5, 0.6) is 0 Å². The molecule has 3 heteroatoms. The average molecular weight is 250 g/mol. The Labute approximate surface area is 111 Å². The van der Waals surface area contributed by atoms with Crippen molar-refractivity contribution in [3.8, 4) is 11.1 Å². The van der Waals surface area contributed by atoms with Crippen LogP contribution in [0.2, 0.25) is 0 Å². The monoisotopic (exact) mass is 250 g/mol. The molecule has 0 radical (unpaired) electrons. The molecular formula is C16H14N2O. The van der Waals surface area contributed by atoms with Crippen LogP contribution in [0, 0.1) is 0 Å². The van der Waals surface area contributed by atoms with Gasteiger partial charge in [-0.25, -0.2) is 0 Å². The molecule has 3 nitrogen and oxygen atoms in total. The van der Waals surface area contributed by atoms with Gasteiger partial charge in [-0.15, -0.1) is 0 Å². The first-order valence-electron chi connectivity index (χ1n) is 6.18. The molecule has 0 saturated heterocycles. The molecule has 0 saturated carbocycles. The summed E-state index contributed by atoms with van der Waals surface area (Å²) in [6.07, 6.45) is 4.28. The standard InChI is InChI=1S/C16H14N2O/c17-16(19)10-13-14(12-6-2-1-3-7-12)11-18-9-5-4-8-15(13)18/h1-9,11H,10H2,(H2,17,19). The topological polar surface area (TPSA) is 47.5 Å². The number of nitrogens with zero attached hydrogens (tertiary/aromatic N) is 1. The van der Waals surface area contributed by atoms with Crippen molar-refractivity contribution in [2.24, 2.45) is 5.73 Å². The predicted molar refractivity (Wildman–Crippen MR) is 75.7 cm³/mol. The van der Waals surface area contributed by atoms with E-state index in [9.17, 15) is 4.79 Å². The Morgan fingerprint density at radius 2 is 1.79 bits per heavy atom. The highest BCUT2D eigenvalue weighted by molar-refractivity contribution is 5.86. The molecule has 0 atom stereocenters. The van der Waals surface area contributed by atoms with Crippen LogP contribution in [0.15, 0.2) is 60.9 Å². The van der Waals surface area contributed by atoms with E-state index in [4.69, 9.17) is 5.73 Å². The summed E-state index contributed by atoms with van der Waals surface area (Å²) in [4.78, 5) is 11.3. The zero-order valence-electron chi connectivity index (χ0n) is 10.4. The second-order valence-electron chi connectivity index (χ2n) is 4.52. The van der Waals surface area contributed by atoms with Crippen LogP contribution >= 0.6 is 0 Å². The molecule has 2 aromatic heterocycles. The molecule has 94 valence electrons. The van der Waals surface area contributed by atoms with Crippen molar-refractivity contribution in [1.82, 2.24) is 4.40 Å². The largest absolute Gasteiger partial charge is 0.369 e. The number of nitrogens with two attached hydrogens (primary N) is 1. The van der Waals surface area contributed by atoms with Crippen LogP contribution in [-0.2, 0) is 11.2 Å². The Bertz CT molecular complexity index is 729. The number of fused-ring (bicyclic) bond motifs is 1. The Morgan fingerprint density at radius 1 is 1.05 bits per heavy atom. The van der Waals surface area contributed by atoms with Crippen molar-refractivity contribution < 1.29 is 4.79 Å². The molecule has 3 aromatic rings. The lowest BCUT2D eigenvalue weighted by atomic mass is 10.0. The van der Waals surface area contributed by atoms with E-state index in [1.54, 1.807) is 0 Å². The van der Waals surface area contributed by atoms with E-state index in [0.29, 0.717) is 0 Å². The van der Waals surface area contributed by atoms with Crippen LogP contribution in [0.1, 0.15) is 5.56 Å². The van der Waals surface area contributed by atoms with E-state index in [2.05, 4.69) is 0 Å². The Hall–Kier alpha value is -2.55. The zero-order valence-corrected chi connectivity index (χ0v) is 10.4. The highest BCUT2D eigenvalue weighted by Crippen LogP contribution is 2.29. The Balaban J connectivity index is 2.26. The second-order valence-corrected chi connectivity index (χ2v) is 4.52. The minimum atomic E-state index is -0.311. The van der Waals surface area contributed by atoms with Crippen molar-refractivity contribution >= 4 is 11.4 Å². The van der Waals surface area contributed by atoms with Crippen LogP contribution in [0.25, 0.3) is 16.6 Å². The fourth-order valence-corrected chi connectivity index (χ4v) is 2.41. The van der Waals surface area contributed by atoms with Crippen LogP contribution in [0.3, 0.4) is 0 Å². The molecule has 0 unspecified atom stereocenters. The lowest BCUT2D eigenvalue weighted by molar-refractivity contribution is -0.117. The van der Waals surface area contributed by atoms with Gasteiger partial charge >= 0.3 is 0 Å². The van der Waals surface area contributed by atoms with Gasteiger partial charge in [0.15, 0.2) is 0 Å². The maximum Gasteiger partial charge on any atom is 0.221 e. The molecule has 0 fully saturated rings. The van der Waals surface area contributed by atoms with Crippen molar-refractivity contribution in [1.29, 1.82) is 0 Å². The molecule has 2 heterocycles. The number of hydrogen-bond acceptors (Lipinski definition) is 1. The molecule has 0 aliphatic carbocycles. The summed E-state index contributed by atoms with van der Waals surface area (Å²) < 4.78 is 2.03. The normalized spacial score (nSPS) is 10.7. The molecule has 3 rings (SSSR count). The molecule has 19 heavy (non-hydrogen) atoms. The minimum Gasteiger partial charge on any atom is -0.369 e. The van der Waals surface area contributed by atoms with Crippen molar-refractivity contribution in [3.05, 3.63) is 66.5 Å². The van der Waals surface area contributed by atoms with Gasteiger partial charge in [-0.3, -0.25) is 4.79 Å². The maximum atomic E-state index is 11.3. The maximum absolute atomic E-state index is 11.3. The molecule has 0 bridgehead atoms. The van der Waals surface area contributed by atoms with Gasteiger partial charge in [0.2, 0.25) is 5.91 Å². The number of pyridine rings is 1. The smallest absolute Gasteiger partial charge is 0.221 e. The van der Waals surface area contributed by atoms with E-state index < -0.39 is 0 Å². The average Bonchev–Trinajstić information content (AvgIpc) is 2.78. The van der Waals surface area contributed by atoms with Gasteiger partial charge in [0, 0.05) is 23.5 Å². The lowest BCUT2D eigenvalue weighted by Gasteiger charge is -2.02. The zero-order chi connectivity index (χ0) is 13.2. The van der Waals surface area contributed by atoms with Crippen molar-refractivity contribution in [3.63, 3.8) is 0 Å². The second kappa shape index (κ2) is 4.61. The fourth-order valence-electron chi connectivity index (χ4n) is 2.41. The van der Waals surface area contributed by atoms with E-state index in [1.165, 1.54) is 0 Å². The third-order valence-electron chi connectivity index (χ3n) is 3.23. The van der Waals surface area contributed by atoms with Gasteiger partial charge in [0.1, 0.15) is 0 Å². The number of rotatable bonds is 3. The molecule has 0 aliphatic heterocycles. The summed E-state index contributed by atoms with van der Waals surface area (Å²) in [6.45, 7) is 0. The summed E-state index contributed by atoms with van der Waals surface area (Å²) in [5.41, 5.74) is 9.55. The number of primary amides is 1. The number of carbonyl (C=O) groups is 1. The van der Waals surface area contributed by atoms with Crippen LogP contribution in [-0.4, -0.2) is 10.3 Å². The van der Waals surface area contributed by atoms with E-state index in [0.717, 1.165) is 22.2 Å². The number of benzene rings is 1. The van der Waals surface area contributed by atoms with Crippen LogP contribution in [0.4, 0.5) is 0 Å². The molecule has 1 aromatic carbocycles. The Morgan fingerprint density at radius 3 is 2.53 bits per heavy atom. The SMILES string of the molecule is NC(=O)Cc1c(-c2ccccc2)cn2ccccc12. The fraction of sp³-hybridized carbons (Fsp3) is 0.0625. The summed E-state index contributed by atoms with van der Waals surface area (Å²) in [5, 5.41) is 0. The first-order valence-corrected chi connectivity index (χ1v) is 6.18. The summed E-state index contributed by atoms with van der Waals surface area (Å²) in [7, 11) is 0. The Kier molecular flexibility index (Phi) is 2.80. The number of aromatic nitrogens is 1.